The van der Waals surface area contributed by atoms with Gasteiger partial charge in [-0.3, -0.25) is 0 Å². The monoisotopic (exact) mass is 257 g/mol. The number of H-pyrrole nitrogens is 1. The molecule has 0 aliphatic rings. The normalized spacial score (nSPS) is 12.9. The van der Waals surface area contributed by atoms with Gasteiger partial charge in [-0.1, -0.05) is 70.6 Å². The number of benzene rings is 1. The molecule has 0 amide bonds. The van der Waals surface area contributed by atoms with E-state index in [-0.39, 0.29) is 0 Å². The van der Waals surface area contributed by atoms with Gasteiger partial charge in [0.25, 0.3) is 0 Å². The summed E-state index contributed by atoms with van der Waals surface area (Å²) in [6, 6.07) is 8.65. The van der Waals surface area contributed by atoms with Crippen LogP contribution < -0.4 is 0 Å². The summed E-state index contributed by atoms with van der Waals surface area (Å²) in [5.41, 5.74) is 2.77. The molecule has 1 nitrogen and oxygen atoms in total. The van der Waals surface area contributed by atoms with Gasteiger partial charge in [-0.15, -0.1) is 0 Å². The van der Waals surface area contributed by atoms with Crippen LogP contribution in [-0.2, 0) is 6.42 Å². The highest BCUT2D eigenvalue weighted by atomic mass is 14.7. The summed E-state index contributed by atoms with van der Waals surface area (Å²) >= 11 is 0. The van der Waals surface area contributed by atoms with Gasteiger partial charge in [0, 0.05) is 17.1 Å². The van der Waals surface area contributed by atoms with Crippen molar-refractivity contribution in [1.29, 1.82) is 0 Å². The van der Waals surface area contributed by atoms with Crippen molar-refractivity contribution in [2.75, 3.05) is 0 Å². The summed E-state index contributed by atoms with van der Waals surface area (Å²) < 4.78 is 0. The number of fused-ring (bicyclic) bond motifs is 1. The van der Waals surface area contributed by atoms with Crippen LogP contribution in [-0.4, -0.2) is 4.98 Å². The lowest BCUT2D eigenvalue weighted by Gasteiger charge is -2.14. The molecule has 104 valence electrons. The summed E-state index contributed by atoms with van der Waals surface area (Å²) in [5, 5.41) is 1.41. The van der Waals surface area contributed by atoms with Gasteiger partial charge in [0.15, 0.2) is 0 Å². The summed E-state index contributed by atoms with van der Waals surface area (Å²) in [5.74, 6) is 0.844. The first-order valence-electron chi connectivity index (χ1n) is 7.90. The van der Waals surface area contributed by atoms with Crippen molar-refractivity contribution in [1.82, 2.24) is 4.98 Å². The molecule has 19 heavy (non-hydrogen) atoms. The molecule has 0 spiro atoms. The van der Waals surface area contributed by atoms with Gasteiger partial charge < -0.3 is 4.98 Å². The maximum absolute atomic E-state index is 3.39. The Balaban J connectivity index is 1.94. The molecule has 0 aliphatic heterocycles. The van der Waals surface area contributed by atoms with Crippen molar-refractivity contribution in [2.45, 2.75) is 58.8 Å². The van der Waals surface area contributed by atoms with Gasteiger partial charge in [0.2, 0.25) is 0 Å². The number of para-hydroxylation sites is 1. The van der Waals surface area contributed by atoms with Crippen molar-refractivity contribution in [3.8, 4) is 0 Å². The molecule has 0 fully saturated rings. The quantitative estimate of drug-likeness (QED) is 0.583. The van der Waals surface area contributed by atoms with E-state index in [1.165, 1.54) is 61.4 Å². The lowest BCUT2D eigenvalue weighted by molar-refractivity contribution is 0.440. The second kappa shape index (κ2) is 7.37. The SMILES string of the molecule is CCCCCCC(CC)Cc1c[nH]c2ccccc12. The minimum absolute atomic E-state index is 0.844. The molecule has 2 rings (SSSR count). The van der Waals surface area contributed by atoms with Gasteiger partial charge in [0.1, 0.15) is 0 Å². The Labute approximate surface area is 117 Å². The van der Waals surface area contributed by atoms with Gasteiger partial charge in [-0.25, -0.2) is 0 Å². The summed E-state index contributed by atoms with van der Waals surface area (Å²) in [4.78, 5) is 3.39. The van der Waals surface area contributed by atoms with Crippen LogP contribution in [0.4, 0.5) is 0 Å². The van der Waals surface area contributed by atoms with Crippen molar-refractivity contribution < 1.29 is 0 Å². The number of aromatic amines is 1. The molecule has 1 unspecified atom stereocenters. The lowest BCUT2D eigenvalue weighted by atomic mass is 9.91. The molecular weight excluding hydrogens is 230 g/mol. The Morgan fingerprint density at radius 3 is 2.68 bits per heavy atom. The first kappa shape index (κ1) is 14.2. The molecule has 1 aromatic carbocycles. The summed E-state index contributed by atoms with van der Waals surface area (Å²) in [6.07, 6.45) is 11.6. The number of aromatic nitrogens is 1. The van der Waals surface area contributed by atoms with Crippen LogP contribution in [0.3, 0.4) is 0 Å². The van der Waals surface area contributed by atoms with Crippen molar-refractivity contribution >= 4 is 10.9 Å². The maximum atomic E-state index is 3.39. The molecule has 0 bridgehead atoms. The first-order valence-corrected chi connectivity index (χ1v) is 7.90. The van der Waals surface area contributed by atoms with Gasteiger partial charge in [-0.05, 0) is 24.0 Å². The number of hydrogen-bond donors (Lipinski definition) is 1. The van der Waals surface area contributed by atoms with E-state index in [1.807, 2.05) is 0 Å². The molecule has 1 N–H and O–H groups in total. The lowest BCUT2D eigenvalue weighted by Crippen LogP contribution is -2.03. The van der Waals surface area contributed by atoms with Crippen LogP contribution >= 0.6 is 0 Å². The second-order valence-corrected chi connectivity index (χ2v) is 5.69. The smallest absolute Gasteiger partial charge is 0.0456 e. The zero-order valence-electron chi connectivity index (χ0n) is 12.4. The van der Waals surface area contributed by atoms with E-state index in [0.29, 0.717) is 0 Å². The molecule has 1 heterocycles. The topological polar surface area (TPSA) is 15.8 Å². The number of hydrogen-bond acceptors (Lipinski definition) is 0. The molecule has 0 radical (unpaired) electrons. The Kier molecular flexibility index (Phi) is 5.50. The van der Waals surface area contributed by atoms with Crippen LogP contribution in [0, 0.1) is 5.92 Å². The van der Waals surface area contributed by atoms with Crippen LogP contribution in [0.1, 0.15) is 57.9 Å². The van der Waals surface area contributed by atoms with Crippen molar-refractivity contribution in [2.24, 2.45) is 5.92 Å². The Hall–Kier alpha value is -1.24. The molecule has 0 aliphatic carbocycles. The summed E-state index contributed by atoms with van der Waals surface area (Å²) in [7, 11) is 0. The molecule has 1 atom stereocenters. The third-order valence-electron chi connectivity index (χ3n) is 4.23. The van der Waals surface area contributed by atoms with Crippen LogP contribution in [0.5, 0.6) is 0 Å². The van der Waals surface area contributed by atoms with E-state index in [9.17, 15) is 0 Å². The molecular formula is C18H27N. The molecule has 0 saturated carbocycles. The fraction of sp³-hybridized carbons (Fsp3) is 0.556. The predicted molar refractivity (Wildman–Crippen MR) is 84.5 cm³/mol. The highest BCUT2D eigenvalue weighted by Crippen LogP contribution is 2.24. The number of nitrogens with one attached hydrogen (secondary N) is 1. The third-order valence-corrected chi connectivity index (χ3v) is 4.23. The largest absolute Gasteiger partial charge is 0.361 e. The van der Waals surface area contributed by atoms with Crippen LogP contribution in [0.15, 0.2) is 30.5 Å². The van der Waals surface area contributed by atoms with Crippen molar-refractivity contribution in [3.05, 3.63) is 36.0 Å². The minimum Gasteiger partial charge on any atom is -0.361 e. The van der Waals surface area contributed by atoms with E-state index < -0.39 is 0 Å². The van der Waals surface area contributed by atoms with E-state index in [1.54, 1.807) is 0 Å². The zero-order chi connectivity index (χ0) is 13.5. The fourth-order valence-electron chi connectivity index (χ4n) is 2.92. The Morgan fingerprint density at radius 2 is 1.89 bits per heavy atom. The van der Waals surface area contributed by atoms with E-state index >= 15 is 0 Å². The van der Waals surface area contributed by atoms with E-state index in [0.717, 1.165) is 5.92 Å². The minimum atomic E-state index is 0.844. The Bertz CT molecular complexity index is 483. The average molecular weight is 257 g/mol. The van der Waals surface area contributed by atoms with Gasteiger partial charge in [0.05, 0.1) is 0 Å². The number of unbranched alkanes of at least 4 members (excludes halogenated alkanes) is 3. The summed E-state index contributed by atoms with van der Waals surface area (Å²) in [6.45, 7) is 4.61. The van der Waals surface area contributed by atoms with E-state index in [4.69, 9.17) is 0 Å². The second-order valence-electron chi connectivity index (χ2n) is 5.69. The third kappa shape index (κ3) is 3.86. The zero-order valence-corrected chi connectivity index (χ0v) is 12.4. The first-order chi connectivity index (χ1) is 9.35. The highest BCUT2D eigenvalue weighted by Gasteiger charge is 2.10. The van der Waals surface area contributed by atoms with E-state index in [2.05, 4.69) is 49.3 Å². The Morgan fingerprint density at radius 1 is 1.05 bits per heavy atom. The molecule has 1 aromatic heterocycles. The number of rotatable bonds is 8. The predicted octanol–water partition coefficient (Wildman–Crippen LogP) is 5.71. The van der Waals surface area contributed by atoms with Gasteiger partial charge in [-0.2, -0.15) is 0 Å². The highest BCUT2D eigenvalue weighted by molar-refractivity contribution is 5.83. The maximum Gasteiger partial charge on any atom is 0.0456 e. The van der Waals surface area contributed by atoms with Crippen LogP contribution in [0.2, 0.25) is 0 Å². The van der Waals surface area contributed by atoms with Crippen LogP contribution in [0.25, 0.3) is 10.9 Å². The standard InChI is InChI=1S/C18H27N/c1-3-5-6-7-10-15(4-2)13-16-14-19-18-12-9-8-11-17(16)18/h8-9,11-12,14-15,19H,3-7,10,13H2,1-2H3. The average Bonchev–Trinajstić information content (AvgIpc) is 2.85. The van der Waals surface area contributed by atoms with Gasteiger partial charge >= 0.3 is 0 Å². The fourth-order valence-corrected chi connectivity index (χ4v) is 2.92. The van der Waals surface area contributed by atoms with Crippen molar-refractivity contribution in [3.63, 3.8) is 0 Å². The molecule has 2 aromatic rings. The molecule has 1 heteroatoms. The molecule has 0 saturated heterocycles.